The second-order valence-corrected chi connectivity index (χ2v) is 5.96. The summed E-state index contributed by atoms with van der Waals surface area (Å²) in [7, 11) is 2.79. The summed E-state index contributed by atoms with van der Waals surface area (Å²) in [5.41, 5.74) is 2.71. The van der Waals surface area contributed by atoms with Crippen molar-refractivity contribution in [2.24, 2.45) is 0 Å². The number of halogens is 2. The van der Waals surface area contributed by atoms with Crippen LogP contribution in [0.25, 0.3) is 12.2 Å². The Morgan fingerprint density at radius 2 is 1.23 bits per heavy atom. The predicted octanol–water partition coefficient (Wildman–Crippen LogP) is 4.81. The maximum absolute atomic E-state index is 13.5. The van der Waals surface area contributed by atoms with E-state index < -0.39 is 11.6 Å². The topological polar surface area (TPSA) is 35.5 Å². The van der Waals surface area contributed by atoms with Gasteiger partial charge in [0.25, 0.3) is 0 Å². The molecule has 0 aliphatic heterocycles. The predicted molar refractivity (Wildman–Crippen MR) is 96.1 cm³/mol. The molecular weight excluding hydrogens is 338 g/mol. The normalized spacial score (nSPS) is 17.2. The molecule has 1 aliphatic rings. The summed E-state index contributed by atoms with van der Waals surface area (Å²) < 4.78 is 36.9. The maximum atomic E-state index is 13.5. The van der Waals surface area contributed by atoms with Gasteiger partial charge >= 0.3 is 0 Å². The smallest absolute Gasteiger partial charge is 0.185 e. The van der Waals surface area contributed by atoms with E-state index in [2.05, 4.69) is 0 Å². The van der Waals surface area contributed by atoms with Gasteiger partial charge in [0.15, 0.2) is 28.9 Å². The Bertz CT molecular complexity index is 840. The Labute approximate surface area is 150 Å². The highest BCUT2D eigenvalue weighted by Crippen LogP contribution is 2.31. The second-order valence-electron chi connectivity index (χ2n) is 5.96. The van der Waals surface area contributed by atoms with Gasteiger partial charge < -0.3 is 9.47 Å². The van der Waals surface area contributed by atoms with E-state index in [-0.39, 0.29) is 17.3 Å². The van der Waals surface area contributed by atoms with Crippen LogP contribution in [0, 0.1) is 11.6 Å². The van der Waals surface area contributed by atoms with Gasteiger partial charge in [0.1, 0.15) is 0 Å². The minimum Gasteiger partial charge on any atom is -0.494 e. The summed E-state index contributed by atoms with van der Waals surface area (Å²) >= 11 is 0. The zero-order valence-corrected chi connectivity index (χ0v) is 14.5. The fraction of sp³-hybridized carbons (Fsp3) is 0.190. The van der Waals surface area contributed by atoms with Crippen LogP contribution in [0.1, 0.15) is 24.0 Å². The summed E-state index contributed by atoms with van der Waals surface area (Å²) in [4.78, 5) is 12.6. The average Bonchev–Trinajstić information content (AvgIpc) is 2.98. The second kappa shape index (κ2) is 7.52. The minimum absolute atomic E-state index is 0.0587. The van der Waals surface area contributed by atoms with Crippen LogP contribution in [0.4, 0.5) is 8.78 Å². The van der Waals surface area contributed by atoms with Crippen molar-refractivity contribution in [1.29, 1.82) is 0 Å². The van der Waals surface area contributed by atoms with Crippen LogP contribution in [0.3, 0.4) is 0 Å². The van der Waals surface area contributed by atoms with Gasteiger partial charge in [-0.2, -0.15) is 0 Å². The summed E-state index contributed by atoms with van der Waals surface area (Å²) in [5.74, 6) is -0.675. The van der Waals surface area contributed by atoms with Gasteiger partial charge in [-0.1, -0.05) is 12.1 Å². The minimum atomic E-state index is -0.446. The maximum Gasteiger partial charge on any atom is 0.185 e. The molecule has 2 aromatic rings. The first-order valence-corrected chi connectivity index (χ1v) is 8.14. The Kier molecular flexibility index (Phi) is 5.16. The molecule has 3 nitrogen and oxygen atoms in total. The first-order chi connectivity index (χ1) is 12.5. The molecule has 0 bridgehead atoms. The molecule has 1 saturated carbocycles. The number of benzene rings is 2. The van der Waals surface area contributed by atoms with Crippen molar-refractivity contribution < 1.29 is 23.0 Å². The van der Waals surface area contributed by atoms with Gasteiger partial charge in [-0.3, -0.25) is 4.79 Å². The lowest BCUT2D eigenvalue weighted by atomic mass is 10.1. The fourth-order valence-electron chi connectivity index (χ4n) is 2.91. The molecule has 5 heteroatoms. The standard InChI is InChI=1S/C21H18F2O3/c1-25-19-11-13(3-7-17(19)22)9-15-5-6-16(21(15)24)10-14-4-8-18(23)20(12-14)26-2/h3-4,7-12H,5-6H2,1-2H3. The summed E-state index contributed by atoms with van der Waals surface area (Å²) in [5, 5.41) is 0. The number of Topliss-reactive ketones (excluding diaryl/α,β-unsaturated/α-hetero) is 1. The number of carbonyl (C=O) groups excluding carboxylic acids is 1. The molecule has 3 rings (SSSR count). The van der Waals surface area contributed by atoms with Crippen molar-refractivity contribution in [2.75, 3.05) is 14.2 Å². The molecule has 0 N–H and O–H groups in total. The first-order valence-electron chi connectivity index (χ1n) is 8.14. The van der Waals surface area contributed by atoms with Gasteiger partial charge in [0, 0.05) is 11.1 Å². The van der Waals surface area contributed by atoms with E-state index in [0.29, 0.717) is 35.1 Å². The third-order valence-corrected chi connectivity index (χ3v) is 4.28. The number of methoxy groups -OCH3 is 2. The van der Waals surface area contributed by atoms with E-state index in [1.54, 1.807) is 36.4 Å². The van der Waals surface area contributed by atoms with E-state index in [4.69, 9.17) is 9.47 Å². The quantitative estimate of drug-likeness (QED) is 0.738. The van der Waals surface area contributed by atoms with Crippen LogP contribution in [0.5, 0.6) is 11.5 Å². The number of carbonyl (C=O) groups is 1. The largest absolute Gasteiger partial charge is 0.494 e. The van der Waals surface area contributed by atoms with Crippen molar-refractivity contribution in [3.63, 3.8) is 0 Å². The molecule has 0 aromatic heterocycles. The highest BCUT2D eigenvalue weighted by Gasteiger charge is 2.23. The first kappa shape index (κ1) is 17.9. The Hall–Kier alpha value is -2.95. The zero-order chi connectivity index (χ0) is 18.7. The summed E-state index contributed by atoms with van der Waals surface area (Å²) in [6.45, 7) is 0. The Balaban J connectivity index is 1.86. The van der Waals surface area contributed by atoms with Crippen molar-refractivity contribution in [1.82, 2.24) is 0 Å². The molecule has 2 aromatic carbocycles. The fourth-order valence-corrected chi connectivity index (χ4v) is 2.91. The number of hydrogen-bond donors (Lipinski definition) is 0. The number of allylic oxidation sites excluding steroid dienone is 2. The van der Waals surface area contributed by atoms with Gasteiger partial charge in [0.05, 0.1) is 14.2 Å². The van der Waals surface area contributed by atoms with Gasteiger partial charge in [0.2, 0.25) is 0 Å². The van der Waals surface area contributed by atoms with Gasteiger partial charge in [-0.15, -0.1) is 0 Å². The molecule has 0 heterocycles. The van der Waals surface area contributed by atoms with Crippen molar-refractivity contribution in [3.05, 3.63) is 70.3 Å². The Morgan fingerprint density at radius 3 is 1.62 bits per heavy atom. The van der Waals surface area contributed by atoms with E-state index >= 15 is 0 Å². The van der Waals surface area contributed by atoms with Crippen molar-refractivity contribution >= 4 is 17.9 Å². The lowest BCUT2D eigenvalue weighted by molar-refractivity contribution is -0.111. The van der Waals surface area contributed by atoms with Crippen LogP contribution >= 0.6 is 0 Å². The molecule has 0 saturated heterocycles. The van der Waals surface area contributed by atoms with Crippen molar-refractivity contribution in [3.8, 4) is 11.5 Å². The number of ether oxygens (including phenoxy) is 2. The van der Waals surface area contributed by atoms with Gasteiger partial charge in [-0.05, 0) is 60.4 Å². The third-order valence-electron chi connectivity index (χ3n) is 4.28. The molecule has 1 aliphatic carbocycles. The van der Waals surface area contributed by atoms with E-state index in [9.17, 15) is 13.6 Å². The molecule has 1 fully saturated rings. The van der Waals surface area contributed by atoms with Crippen LogP contribution in [0.2, 0.25) is 0 Å². The van der Waals surface area contributed by atoms with Crippen LogP contribution < -0.4 is 9.47 Å². The summed E-state index contributed by atoms with van der Waals surface area (Å²) in [6.07, 6.45) is 4.69. The van der Waals surface area contributed by atoms with E-state index in [1.807, 2.05) is 0 Å². The van der Waals surface area contributed by atoms with E-state index in [0.717, 1.165) is 0 Å². The number of rotatable bonds is 4. The molecular formula is C21H18F2O3. The molecule has 0 spiro atoms. The lowest BCUT2D eigenvalue weighted by Gasteiger charge is -2.04. The molecule has 26 heavy (non-hydrogen) atoms. The molecule has 0 atom stereocenters. The number of ketones is 1. The van der Waals surface area contributed by atoms with Crippen LogP contribution in [-0.2, 0) is 4.79 Å². The lowest BCUT2D eigenvalue weighted by Crippen LogP contribution is -1.96. The average molecular weight is 356 g/mol. The molecule has 134 valence electrons. The molecule has 0 unspecified atom stereocenters. The van der Waals surface area contributed by atoms with E-state index in [1.165, 1.54) is 26.4 Å². The summed E-state index contributed by atoms with van der Waals surface area (Å²) in [6, 6.07) is 8.94. The Morgan fingerprint density at radius 1 is 0.808 bits per heavy atom. The third kappa shape index (κ3) is 3.67. The van der Waals surface area contributed by atoms with Crippen LogP contribution in [0.15, 0.2) is 47.5 Å². The SMILES string of the molecule is COc1cc(C=C2CCC(=Cc3ccc(F)c(OC)c3)C2=O)ccc1F. The monoisotopic (exact) mass is 356 g/mol. The highest BCUT2D eigenvalue weighted by atomic mass is 19.1. The molecule has 0 radical (unpaired) electrons. The number of hydrogen-bond acceptors (Lipinski definition) is 3. The molecule has 0 amide bonds. The zero-order valence-electron chi connectivity index (χ0n) is 14.5. The van der Waals surface area contributed by atoms with Crippen LogP contribution in [-0.4, -0.2) is 20.0 Å². The highest BCUT2D eigenvalue weighted by molar-refractivity contribution is 6.15. The van der Waals surface area contributed by atoms with Crippen molar-refractivity contribution in [2.45, 2.75) is 12.8 Å². The van der Waals surface area contributed by atoms with Gasteiger partial charge in [-0.25, -0.2) is 8.78 Å².